The summed E-state index contributed by atoms with van der Waals surface area (Å²) in [5.41, 5.74) is 7.68. The first-order chi connectivity index (χ1) is 19.0. The second kappa shape index (κ2) is 11.5. The number of nitrogens with one attached hydrogen (secondary N) is 1. The third kappa shape index (κ3) is 5.64. The fraction of sp³-hybridized carbons (Fsp3) is 0.172. The van der Waals surface area contributed by atoms with Crippen LogP contribution < -0.4 is 9.73 Å². The van der Waals surface area contributed by atoms with Crippen molar-refractivity contribution >= 4 is 33.5 Å². The molecule has 0 aliphatic heterocycles. The van der Waals surface area contributed by atoms with Crippen LogP contribution in [0.2, 0.25) is 0 Å². The second-order valence-electron chi connectivity index (χ2n) is 9.27. The van der Waals surface area contributed by atoms with E-state index >= 15 is 0 Å². The van der Waals surface area contributed by atoms with Crippen molar-refractivity contribution in [2.75, 3.05) is 10.8 Å². The molecule has 0 fully saturated rings. The Balaban J connectivity index is 1.61. The van der Waals surface area contributed by atoms with Gasteiger partial charge in [0, 0.05) is 23.0 Å². The molecule has 10 nitrogen and oxygen atoms in total. The van der Waals surface area contributed by atoms with E-state index < -0.39 is 33.1 Å². The first-order valence-electron chi connectivity index (χ1n) is 12.4. The molecule has 1 N–H and O–H groups in total. The lowest BCUT2D eigenvalue weighted by atomic mass is 10.1. The van der Waals surface area contributed by atoms with E-state index in [1.807, 2.05) is 52.0 Å². The number of nitro groups is 1. The number of anilines is 1. The van der Waals surface area contributed by atoms with Crippen molar-refractivity contribution in [1.29, 1.82) is 0 Å². The molecule has 0 aliphatic rings. The van der Waals surface area contributed by atoms with Crippen LogP contribution in [-0.2, 0) is 14.8 Å². The van der Waals surface area contributed by atoms with E-state index in [1.54, 1.807) is 6.07 Å². The van der Waals surface area contributed by atoms with Gasteiger partial charge in [-0.3, -0.25) is 14.9 Å². The Morgan fingerprint density at radius 1 is 0.975 bits per heavy atom. The molecule has 206 valence electrons. The van der Waals surface area contributed by atoms with E-state index in [9.17, 15) is 23.3 Å². The molecule has 4 rings (SSSR count). The molecule has 0 radical (unpaired) electrons. The van der Waals surface area contributed by atoms with Gasteiger partial charge in [0.05, 0.1) is 21.7 Å². The normalized spacial score (nSPS) is 11.5. The summed E-state index contributed by atoms with van der Waals surface area (Å²) in [4.78, 5) is 23.8. The van der Waals surface area contributed by atoms with Crippen molar-refractivity contribution in [3.63, 3.8) is 0 Å². The van der Waals surface area contributed by atoms with Crippen molar-refractivity contribution in [2.45, 2.75) is 32.6 Å². The van der Waals surface area contributed by atoms with Crippen molar-refractivity contribution in [1.82, 2.24) is 9.99 Å². The summed E-state index contributed by atoms with van der Waals surface area (Å²) in [6.45, 7) is 7.29. The molecule has 0 aliphatic carbocycles. The number of rotatable bonds is 9. The number of nitrogens with zero attached hydrogens (tertiary/aromatic N) is 4. The minimum Gasteiger partial charge on any atom is -0.317 e. The number of sulfonamides is 1. The quantitative estimate of drug-likeness (QED) is 0.176. The van der Waals surface area contributed by atoms with Crippen LogP contribution in [0.15, 0.2) is 88.9 Å². The van der Waals surface area contributed by atoms with Crippen molar-refractivity contribution < 1.29 is 18.1 Å². The Labute approximate surface area is 232 Å². The maximum atomic E-state index is 13.5. The third-order valence-electron chi connectivity index (χ3n) is 6.49. The molecular weight excluding hydrogens is 530 g/mol. The average Bonchev–Trinajstić information content (AvgIpc) is 3.20. The van der Waals surface area contributed by atoms with Crippen LogP contribution in [0.1, 0.15) is 28.1 Å². The zero-order valence-corrected chi connectivity index (χ0v) is 23.3. The first-order valence-corrected chi connectivity index (χ1v) is 13.8. The molecule has 0 saturated carbocycles. The number of aromatic nitrogens is 1. The van der Waals surface area contributed by atoms with Crippen molar-refractivity contribution in [2.24, 2.45) is 5.10 Å². The minimum absolute atomic E-state index is 0.108. The topological polar surface area (TPSA) is 127 Å². The molecule has 0 atom stereocenters. The second-order valence-corrected chi connectivity index (χ2v) is 11.1. The monoisotopic (exact) mass is 559 g/mol. The van der Waals surface area contributed by atoms with Gasteiger partial charge in [0.1, 0.15) is 12.2 Å². The number of para-hydroxylation sites is 3. The van der Waals surface area contributed by atoms with Gasteiger partial charge in [-0.25, -0.2) is 18.1 Å². The van der Waals surface area contributed by atoms with Crippen LogP contribution in [0.3, 0.4) is 0 Å². The lowest BCUT2D eigenvalue weighted by molar-refractivity contribution is -0.384. The summed E-state index contributed by atoms with van der Waals surface area (Å²) >= 11 is 0. The van der Waals surface area contributed by atoms with Crippen LogP contribution in [0.5, 0.6) is 0 Å². The molecule has 3 aromatic carbocycles. The number of amides is 1. The largest absolute Gasteiger partial charge is 0.317 e. The highest BCUT2D eigenvalue weighted by Gasteiger charge is 2.31. The van der Waals surface area contributed by atoms with E-state index in [0.29, 0.717) is 0 Å². The van der Waals surface area contributed by atoms with E-state index in [0.717, 1.165) is 38.1 Å². The van der Waals surface area contributed by atoms with E-state index in [1.165, 1.54) is 54.7 Å². The van der Waals surface area contributed by atoms with Gasteiger partial charge in [0.15, 0.2) is 0 Å². The number of hydrogen-bond acceptors (Lipinski definition) is 6. The van der Waals surface area contributed by atoms with Crippen molar-refractivity contribution in [3.05, 3.63) is 117 Å². The Hall–Kier alpha value is -4.77. The van der Waals surface area contributed by atoms with Crippen LogP contribution >= 0.6 is 0 Å². The Bertz CT molecular complexity index is 1690. The predicted molar refractivity (Wildman–Crippen MR) is 155 cm³/mol. The number of hydrazone groups is 1. The maximum Gasteiger partial charge on any atom is 0.293 e. The Morgan fingerprint density at radius 2 is 1.60 bits per heavy atom. The number of nitro benzene ring substituents is 1. The highest BCUT2D eigenvalue weighted by molar-refractivity contribution is 7.92. The third-order valence-corrected chi connectivity index (χ3v) is 8.27. The standard InChI is InChI=1S/C29H29N5O5S/c1-20-11-10-12-21(2)29(20)33-22(3)17-24(23(33)4)18-30-31-28(35)19-32(26-15-8-9-16-27(26)34(36)37)40(38,39)25-13-6-5-7-14-25/h5-18H,19H2,1-4H3,(H,31,35)/b30-18-. The maximum absolute atomic E-state index is 13.5. The lowest BCUT2D eigenvalue weighted by Crippen LogP contribution is -2.39. The highest BCUT2D eigenvalue weighted by atomic mass is 32.2. The molecule has 1 aromatic heterocycles. The summed E-state index contributed by atoms with van der Waals surface area (Å²) in [5, 5.41) is 15.7. The molecule has 40 heavy (non-hydrogen) atoms. The summed E-state index contributed by atoms with van der Waals surface area (Å²) in [7, 11) is -4.32. The Kier molecular flexibility index (Phi) is 8.15. The zero-order valence-electron chi connectivity index (χ0n) is 22.5. The van der Waals surface area contributed by atoms with Crippen LogP contribution in [0, 0.1) is 37.8 Å². The highest BCUT2D eigenvalue weighted by Crippen LogP contribution is 2.32. The van der Waals surface area contributed by atoms with Crippen LogP contribution in [0.4, 0.5) is 11.4 Å². The SMILES string of the molecule is Cc1cccc(C)c1-n1c(C)cc(/C=N\NC(=O)CN(c2ccccc2[N+](=O)[O-])S(=O)(=O)c2ccccc2)c1C. The summed E-state index contributed by atoms with van der Waals surface area (Å²) in [5.74, 6) is -0.766. The number of hydrogen-bond donors (Lipinski definition) is 1. The van der Waals surface area contributed by atoms with Crippen molar-refractivity contribution in [3.8, 4) is 5.69 Å². The van der Waals surface area contributed by atoms with Crippen LogP contribution in [0.25, 0.3) is 5.69 Å². The summed E-state index contributed by atoms with van der Waals surface area (Å²) < 4.78 is 29.8. The fourth-order valence-corrected chi connectivity index (χ4v) is 6.07. The molecule has 0 unspecified atom stereocenters. The van der Waals surface area contributed by atoms with Gasteiger partial charge in [0.2, 0.25) is 0 Å². The molecule has 0 saturated heterocycles. The van der Waals surface area contributed by atoms with Gasteiger partial charge in [-0.2, -0.15) is 5.10 Å². The zero-order chi connectivity index (χ0) is 29.0. The van der Waals surface area contributed by atoms with Gasteiger partial charge in [0.25, 0.3) is 21.6 Å². The molecular formula is C29H29N5O5S. The van der Waals surface area contributed by atoms with E-state index in [-0.39, 0.29) is 10.6 Å². The molecule has 0 spiro atoms. The molecule has 4 aromatic rings. The number of aryl methyl sites for hydroxylation is 3. The van der Waals surface area contributed by atoms with Gasteiger partial charge in [-0.15, -0.1) is 0 Å². The molecule has 1 heterocycles. The van der Waals surface area contributed by atoms with Gasteiger partial charge < -0.3 is 4.57 Å². The number of carbonyl (C=O) groups is 1. The van der Waals surface area contributed by atoms with Crippen LogP contribution in [-0.4, -0.2) is 36.6 Å². The smallest absolute Gasteiger partial charge is 0.293 e. The fourth-order valence-electron chi connectivity index (χ4n) is 4.61. The summed E-state index contributed by atoms with van der Waals surface area (Å²) in [6, 6.07) is 20.8. The van der Waals surface area contributed by atoms with E-state index in [4.69, 9.17) is 0 Å². The first kappa shape index (κ1) is 28.2. The molecule has 0 bridgehead atoms. The van der Waals surface area contributed by atoms with Gasteiger partial charge >= 0.3 is 0 Å². The number of benzene rings is 3. The molecule has 11 heteroatoms. The van der Waals surface area contributed by atoms with Gasteiger partial charge in [-0.1, -0.05) is 48.5 Å². The molecule has 1 amide bonds. The Morgan fingerprint density at radius 3 is 2.25 bits per heavy atom. The number of carbonyl (C=O) groups excluding carboxylic acids is 1. The van der Waals surface area contributed by atoms with E-state index in [2.05, 4.69) is 15.1 Å². The average molecular weight is 560 g/mol. The predicted octanol–water partition coefficient (Wildman–Crippen LogP) is 4.96. The minimum atomic E-state index is -4.32. The lowest BCUT2D eigenvalue weighted by Gasteiger charge is -2.23. The summed E-state index contributed by atoms with van der Waals surface area (Å²) in [6.07, 6.45) is 1.49. The van der Waals surface area contributed by atoms with Gasteiger partial charge in [-0.05, 0) is 63.1 Å².